The van der Waals surface area contributed by atoms with E-state index >= 15 is 0 Å². The molecule has 0 bridgehead atoms. The molecule has 0 amide bonds. The van der Waals surface area contributed by atoms with E-state index in [1.165, 1.54) is 18.2 Å². The number of benzene rings is 2. The van der Waals surface area contributed by atoms with E-state index in [0.717, 1.165) is 18.2 Å². The molecule has 0 heterocycles. The maximum Gasteiger partial charge on any atom is 0.367 e. The van der Waals surface area contributed by atoms with Crippen molar-refractivity contribution in [3.63, 3.8) is 0 Å². The van der Waals surface area contributed by atoms with Gasteiger partial charge in [-0.25, -0.2) is 4.31 Å². The molecule has 2 aromatic rings. The van der Waals surface area contributed by atoms with Crippen molar-refractivity contribution in [3.05, 3.63) is 48.5 Å². The Balaban J connectivity index is 2.70. The first-order valence-corrected chi connectivity index (χ1v) is 12.7. The van der Waals surface area contributed by atoms with Crippen molar-refractivity contribution in [2.75, 3.05) is 0 Å². The van der Waals surface area contributed by atoms with Gasteiger partial charge in [0.05, 0.1) is 10.6 Å². The molecule has 11 nitrogen and oxygen atoms in total. The van der Waals surface area contributed by atoms with E-state index in [4.69, 9.17) is 4.55 Å². The van der Waals surface area contributed by atoms with Crippen LogP contribution in [0.5, 0.6) is 0 Å². The molecule has 0 aliphatic carbocycles. The lowest BCUT2D eigenvalue weighted by molar-refractivity contribution is 0.348. The fourth-order valence-corrected chi connectivity index (χ4v) is 7.83. The molecule has 2 rings (SSSR count). The number of hydrogen-bond donors (Lipinski definition) is 4. The van der Waals surface area contributed by atoms with E-state index in [1.807, 2.05) is 0 Å². The number of hydrogen-bond acceptors (Lipinski definition) is 7. The quantitative estimate of drug-likeness (QED) is 0.348. The van der Waals surface area contributed by atoms with E-state index in [1.54, 1.807) is 0 Å². The Morgan fingerprint density at radius 2 is 1.30 bits per heavy atom. The highest BCUT2D eigenvalue weighted by molar-refractivity contribution is 7.89. The molecule has 0 aliphatic rings. The molecule has 4 N–H and O–H groups in total. The van der Waals surface area contributed by atoms with Gasteiger partial charge in [0.15, 0.2) is 0 Å². The standard InChI is InChI=1S/C12H12O11P2S2/c13-24(14,9-5-2-1-3-6-9)23-25(15,16)10-7-4-8-11(26(17,18)19)12(10)27(20,21)22/h1-8H,(H,13,14)(H,15,16)(H,17,18,19)(H,20,21,22). The third-order valence-electron chi connectivity index (χ3n) is 3.10. The summed E-state index contributed by atoms with van der Waals surface area (Å²) in [5.41, 5.74) is 0. The molecule has 0 aliphatic heterocycles. The van der Waals surface area contributed by atoms with Crippen molar-refractivity contribution in [1.29, 1.82) is 0 Å². The van der Waals surface area contributed by atoms with Crippen molar-refractivity contribution >= 4 is 46.0 Å². The first-order chi connectivity index (χ1) is 12.2. The van der Waals surface area contributed by atoms with E-state index in [2.05, 4.69) is 4.31 Å². The SMILES string of the molecule is O=P(O)(OP(=O)(O)c1cccc(S(=O)(=O)O)c1S(=O)(=O)O)c1ccccc1. The van der Waals surface area contributed by atoms with Gasteiger partial charge in [-0.2, -0.15) is 16.8 Å². The lowest BCUT2D eigenvalue weighted by atomic mass is 10.4. The lowest BCUT2D eigenvalue weighted by Crippen LogP contribution is -2.21. The zero-order chi connectivity index (χ0) is 20.7. The molecule has 27 heavy (non-hydrogen) atoms. The zero-order valence-electron chi connectivity index (χ0n) is 13.0. The van der Waals surface area contributed by atoms with Gasteiger partial charge in [-0.1, -0.05) is 24.3 Å². The minimum absolute atomic E-state index is 0.404. The third-order valence-corrected chi connectivity index (χ3v) is 8.94. The van der Waals surface area contributed by atoms with Crippen LogP contribution in [0.1, 0.15) is 0 Å². The van der Waals surface area contributed by atoms with E-state index in [9.17, 15) is 40.3 Å². The van der Waals surface area contributed by atoms with Gasteiger partial charge in [-0.05, 0) is 24.3 Å². The highest BCUT2D eigenvalue weighted by Crippen LogP contribution is 2.58. The molecule has 0 spiro atoms. The molecule has 0 saturated carbocycles. The highest BCUT2D eigenvalue weighted by atomic mass is 32.2. The molecule has 2 aromatic carbocycles. The Kier molecular flexibility index (Phi) is 5.84. The summed E-state index contributed by atoms with van der Waals surface area (Å²) in [5.74, 6) is 0. The molecule has 15 heteroatoms. The molecule has 148 valence electrons. The van der Waals surface area contributed by atoms with Crippen LogP contribution in [0, 0.1) is 0 Å². The maximum atomic E-state index is 12.5. The summed E-state index contributed by atoms with van der Waals surface area (Å²) in [6.07, 6.45) is 0. The molecular formula is C12H12O11P2S2. The van der Waals surface area contributed by atoms with Crippen LogP contribution in [-0.4, -0.2) is 35.7 Å². The second kappa shape index (κ2) is 7.21. The van der Waals surface area contributed by atoms with Crippen LogP contribution in [0.15, 0.2) is 58.3 Å². The Morgan fingerprint density at radius 3 is 1.78 bits per heavy atom. The van der Waals surface area contributed by atoms with E-state index in [-0.39, 0.29) is 0 Å². The Hall–Kier alpha value is -1.40. The van der Waals surface area contributed by atoms with Crippen LogP contribution >= 0.6 is 15.2 Å². The predicted molar refractivity (Wildman–Crippen MR) is 92.5 cm³/mol. The van der Waals surface area contributed by atoms with Crippen LogP contribution < -0.4 is 10.6 Å². The monoisotopic (exact) mass is 458 g/mol. The summed E-state index contributed by atoms with van der Waals surface area (Å²) in [5, 5.41) is -1.72. The molecule has 2 unspecified atom stereocenters. The number of rotatable bonds is 6. The summed E-state index contributed by atoms with van der Waals surface area (Å²) >= 11 is 0. The molecule has 2 atom stereocenters. The summed E-state index contributed by atoms with van der Waals surface area (Å²) in [6.45, 7) is 0. The van der Waals surface area contributed by atoms with Crippen LogP contribution in [0.4, 0.5) is 0 Å². The minimum atomic E-state index is -5.49. The van der Waals surface area contributed by atoms with Crippen LogP contribution in [0.25, 0.3) is 0 Å². The van der Waals surface area contributed by atoms with Crippen LogP contribution in [0.2, 0.25) is 0 Å². The summed E-state index contributed by atoms with van der Waals surface area (Å²) in [7, 11) is -21.2. The van der Waals surface area contributed by atoms with Gasteiger partial charge in [-0.15, -0.1) is 0 Å². The molecule has 0 aromatic heterocycles. The van der Waals surface area contributed by atoms with Crippen molar-refractivity contribution in [2.24, 2.45) is 0 Å². The minimum Gasteiger partial charge on any atom is -0.321 e. The lowest BCUT2D eigenvalue weighted by Gasteiger charge is -2.19. The van der Waals surface area contributed by atoms with Crippen molar-refractivity contribution in [1.82, 2.24) is 0 Å². The van der Waals surface area contributed by atoms with E-state index in [0.29, 0.717) is 12.1 Å². The third kappa shape index (κ3) is 4.91. The van der Waals surface area contributed by atoms with Crippen molar-refractivity contribution in [3.8, 4) is 0 Å². The first kappa shape index (κ1) is 21.9. The fourth-order valence-electron chi connectivity index (χ4n) is 2.05. The topological polar surface area (TPSA) is 193 Å². The zero-order valence-corrected chi connectivity index (χ0v) is 16.4. The second-order valence-corrected chi connectivity index (χ2v) is 11.5. The largest absolute Gasteiger partial charge is 0.367 e. The summed E-state index contributed by atoms with van der Waals surface area (Å²) in [6, 6.07) is 8.22. The normalized spacial score (nSPS) is 17.0. The summed E-state index contributed by atoms with van der Waals surface area (Å²) in [4.78, 5) is 16.9. The average molecular weight is 458 g/mol. The van der Waals surface area contributed by atoms with Crippen molar-refractivity contribution < 1.29 is 49.2 Å². The Morgan fingerprint density at radius 1 is 0.741 bits per heavy atom. The predicted octanol–water partition coefficient (Wildman–Crippen LogP) is 0.518. The van der Waals surface area contributed by atoms with Gasteiger partial charge in [0, 0.05) is 0 Å². The van der Waals surface area contributed by atoms with Gasteiger partial charge in [-0.3, -0.25) is 18.2 Å². The molecule has 0 fully saturated rings. The fraction of sp³-hybridized carbons (Fsp3) is 0. The van der Waals surface area contributed by atoms with Crippen LogP contribution in [0.3, 0.4) is 0 Å². The summed E-state index contributed by atoms with van der Waals surface area (Å²) < 4.78 is 93.4. The molecule has 0 saturated heterocycles. The van der Waals surface area contributed by atoms with Crippen LogP contribution in [-0.2, 0) is 33.7 Å². The second-order valence-electron chi connectivity index (χ2n) is 5.01. The van der Waals surface area contributed by atoms with Crippen molar-refractivity contribution in [2.45, 2.75) is 9.79 Å². The molecule has 0 radical (unpaired) electrons. The Bertz CT molecular complexity index is 1170. The smallest absolute Gasteiger partial charge is 0.321 e. The van der Waals surface area contributed by atoms with Gasteiger partial charge >= 0.3 is 15.2 Å². The Labute approximate surface area is 153 Å². The van der Waals surface area contributed by atoms with Gasteiger partial charge in [0.25, 0.3) is 20.2 Å². The van der Waals surface area contributed by atoms with Gasteiger partial charge < -0.3 is 9.79 Å². The highest BCUT2D eigenvalue weighted by Gasteiger charge is 2.41. The van der Waals surface area contributed by atoms with Gasteiger partial charge in [0.2, 0.25) is 0 Å². The van der Waals surface area contributed by atoms with Gasteiger partial charge in [0.1, 0.15) is 9.79 Å². The first-order valence-electron chi connectivity index (χ1n) is 6.67. The average Bonchev–Trinajstić information content (AvgIpc) is 2.52. The maximum absolute atomic E-state index is 12.5. The molecular weight excluding hydrogens is 446 g/mol. The van der Waals surface area contributed by atoms with E-state index < -0.39 is 55.8 Å².